The van der Waals surface area contributed by atoms with Crippen molar-refractivity contribution in [1.29, 1.82) is 0 Å². The van der Waals surface area contributed by atoms with E-state index in [2.05, 4.69) is 13.8 Å². The normalized spacial score (nSPS) is 57.5. The van der Waals surface area contributed by atoms with Crippen LogP contribution in [0, 0.1) is 30.3 Å². The van der Waals surface area contributed by atoms with E-state index >= 15 is 0 Å². The molecule has 4 saturated heterocycles. The molecular weight excluding hydrogens is 333 g/mol. The van der Waals surface area contributed by atoms with Crippen molar-refractivity contribution in [3.05, 3.63) is 6.61 Å². The van der Waals surface area contributed by atoms with E-state index < -0.39 is 11.4 Å². The summed E-state index contributed by atoms with van der Waals surface area (Å²) in [7, 11) is 0. The first-order valence-corrected chi connectivity index (χ1v) is 7.59. The van der Waals surface area contributed by atoms with Crippen LogP contribution in [-0.2, 0) is 52.0 Å². The van der Waals surface area contributed by atoms with Crippen LogP contribution in [-0.4, -0.2) is 17.7 Å². The maximum absolute atomic E-state index is 6.12. The van der Waals surface area contributed by atoms with Crippen LogP contribution < -0.4 is 0 Å². The summed E-state index contributed by atoms with van der Waals surface area (Å²) < 4.78 is 12.0. The van der Waals surface area contributed by atoms with E-state index in [1.165, 1.54) is 12.8 Å². The molecule has 5 heteroatoms. The standard InChI is InChI=1S/C15H23O4.Y/c1-9-4-5-11-10(2)8-16-13-15(11)12(9)6-7-14(3,17-13)18-19-15;/h8-13H,4-7H2,1-3H3;/q-1;/t9?,10-,11?,12?,13?,14-,15?;/m0./s1. The van der Waals surface area contributed by atoms with E-state index in [1.54, 1.807) is 0 Å². The second-order valence-corrected chi connectivity index (χ2v) is 7.04. The van der Waals surface area contributed by atoms with Crippen LogP contribution in [0.2, 0.25) is 0 Å². The molecule has 0 amide bonds. The summed E-state index contributed by atoms with van der Waals surface area (Å²) in [6.07, 6.45) is 4.11. The zero-order valence-electron chi connectivity index (χ0n) is 12.5. The van der Waals surface area contributed by atoms with Gasteiger partial charge in [-0.3, -0.25) is 0 Å². The molecule has 5 rings (SSSR count). The number of ether oxygens (including phenoxy) is 2. The van der Waals surface area contributed by atoms with Gasteiger partial charge in [0.1, 0.15) is 0 Å². The fourth-order valence-corrected chi connectivity index (χ4v) is 4.73. The molecule has 5 unspecified atom stereocenters. The third-order valence-electron chi connectivity index (χ3n) is 5.83. The molecule has 0 aromatic heterocycles. The maximum Gasteiger partial charge on any atom is 0.201 e. The molecule has 1 aliphatic carbocycles. The summed E-state index contributed by atoms with van der Waals surface area (Å²) in [5.41, 5.74) is -0.401. The van der Waals surface area contributed by atoms with E-state index in [1.807, 2.05) is 13.5 Å². The average molecular weight is 356 g/mol. The van der Waals surface area contributed by atoms with Gasteiger partial charge in [0.15, 0.2) is 11.9 Å². The van der Waals surface area contributed by atoms with E-state index in [0.717, 1.165) is 12.8 Å². The molecule has 1 spiro atoms. The summed E-state index contributed by atoms with van der Waals surface area (Å²) in [6, 6.07) is 0. The first-order chi connectivity index (χ1) is 9.05. The van der Waals surface area contributed by atoms with Crippen LogP contribution in [0.3, 0.4) is 0 Å². The molecule has 4 nitrogen and oxygen atoms in total. The molecule has 5 fully saturated rings. The van der Waals surface area contributed by atoms with Crippen molar-refractivity contribution in [2.45, 2.75) is 64.1 Å². The molecule has 0 aromatic carbocycles. The van der Waals surface area contributed by atoms with Gasteiger partial charge in [0.05, 0.1) is 0 Å². The molecule has 7 atom stereocenters. The van der Waals surface area contributed by atoms with Crippen molar-refractivity contribution in [2.24, 2.45) is 23.7 Å². The minimum absolute atomic E-state index is 0. The SMILES string of the molecule is CC1CCC2[C@@H](C)[CH-]OC3O[C@]4(C)CCC1C32OO4.[Y]. The van der Waals surface area contributed by atoms with Gasteiger partial charge in [-0.1, -0.05) is 20.3 Å². The van der Waals surface area contributed by atoms with Crippen LogP contribution in [0.5, 0.6) is 0 Å². The monoisotopic (exact) mass is 356 g/mol. The summed E-state index contributed by atoms with van der Waals surface area (Å²) in [5.74, 6) is 1.29. The summed E-state index contributed by atoms with van der Waals surface area (Å²) >= 11 is 0. The molecule has 111 valence electrons. The van der Waals surface area contributed by atoms with Crippen LogP contribution in [0.1, 0.15) is 46.5 Å². The van der Waals surface area contributed by atoms with Gasteiger partial charge in [-0.2, -0.15) is 0 Å². The van der Waals surface area contributed by atoms with Gasteiger partial charge in [-0.15, -0.1) is 5.92 Å². The van der Waals surface area contributed by atoms with Gasteiger partial charge in [-0.25, -0.2) is 16.4 Å². The van der Waals surface area contributed by atoms with Crippen LogP contribution in [0.4, 0.5) is 0 Å². The minimum atomic E-state index is -0.647. The van der Waals surface area contributed by atoms with Gasteiger partial charge in [0.2, 0.25) is 5.79 Å². The molecule has 4 aliphatic heterocycles. The molecule has 4 heterocycles. The Morgan fingerprint density at radius 3 is 2.65 bits per heavy atom. The third kappa shape index (κ3) is 2.02. The van der Waals surface area contributed by atoms with E-state index in [4.69, 9.17) is 19.2 Å². The van der Waals surface area contributed by atoms with Gasteiger partial charge in [-0.05, 0) is 37.5 Å². The number of hydrogen-bond acceptors (Lipinski definition) is 4. The van der Waals surface area contributed by atoms with E-state index in [0.29, 0.717) is 23.7 Å². The summed E-state index contributed by atoms with van der Waals surface area (Å²) in [4.78, 5) is 11.7. The minimum Gasteiger partial charge on any atom is -0.527 e. The van der Waals surface area contributed by atoms with Crippen molar-refractivity contribution in [2.75, 3.05) is 0 Å². The van der Waals surface area contributed by atoms with Crippen LogP contribution >= 0.6 is 0 Å². The Hall–Kier alpha value is 0.944. The second kappa shape index (κ2) is 5.24. The molecule has 1 saturated carbocycles. The Labute approximate surface area is 146 Å². The van der Waals surface area contributed by atoms with Gasteiger partial charge in [0.25, 0.3) is 0 Å². The molecule has 5 aliphatic rings. The predicted molar refractivity (Wildman–Crippen MR) is 67.3 cm³/mol. The molecule has 1 radical (unpaired) electrons. The van der Waals surface area contributed by atoms with Gasteiger partial charge >= 0.3 is 0 Å². The molecule has 20 heavy (non-hydrogen) atoms. The van der Waals surface area contributed by atoms with Gasteiger partial charge < -0.3 is 9.47 Å². The fraction of sp³-hybridized carbons (Fsp3) is 0.933. The molecule has 0 N–H and O–H groups in total. The van der Waals surface area contributed by atoms with Crippen LogP contribution in [0.15, 0.2) is 0 Å². The topological polar surface area (TPSA) is 36.9 Å². The van der Waals surface area contributed by atoms with Crippen molar-refractivity contribution >= 4 is 0 Å². The first kappa shape index (κ1) is 15.8. The fourth-order valence-electron chi connectivity index (χ4n) is 4.73. The Morgan fingerprint density at radius 2 is 1.85 bits per heavy atom. The number of rotatable bonds is 0. The molecule has 0 aromatic rings. The van der Waals surface area contributed by atoms with Crippen molar-refractivity contribution in [1.82, 2.24) is 0 Å². The Bertz CT molecular complexity index is 392. The van der Waals surface area contributed by atoms with Crippen molar-refractivity contribution in [3.63, 3.8) is 0 Å². The Balaban J connectivity index is 0.00000121. The Kier molecular flexibility index (Phi) is 4.15. The van der Waals surface area contributed by atoms with Gasteiger partial charge in [0, 0.05) is 39.1 Å². The zero-order valence-corrected chi connectivity index (χ0v) is 15.3. The Morgan fingerprint density at radius 1 is 1.05 bits per heavy atom. The third-order valence-corrected chi connectivity index (χ3v) is 5.83. The zero-order chi connectivity index (χ0) is 13.3. The van der Waals surface area contributed by atoms with Crippen LogP contribution in [0.25, 0.3) is 0 Å². The molecular formula is C15H23O4Y-. The predicted octanol–water partition coefficient (Wildman–Crippen LogP) is 3.03. The summed E-state index contributed by atoms with van der Waals surface area (Å²) in [5, 5.41) is 0. The average Bonchev–Trinajstić information content (AvgIpc) is 2.61. The number of hydrogen-bond donors (Lipinski definition) is 0. The summed E-state index contributed by atoms with van der Waals surface area (Å²) in [6.45, 7) is 8.45. The smallest absolute Gasteiger partial charge is 0.201 e. The van der Waals surface area contributed by atoms with Crippen molar-refractivity contribution < 1.29 is 52.0 Å². The second-order valence-electron chi connectivity index (χ2n) is 7.04. The van der Waals surface area contributed by atoms with E-state index in [-0.39, 0.29) is 39.0 Å². The van der Waals surface area contributed by atoms with E-state index in [9.17, 15) is 0 Å². The quantitative estimate of drug-likeness (QED) is 0.494. The maximum atomic E-state index is 6.12. The molecule has 2 bridgehead atoms. The van der Waals surface area contributed by atoms with Crippen molar-refractivity contribution in [3.8, 4) is 0 Å². The largest absolute Gasteiger partial charge is 0.527 e. The number of fused-ring (bicyclic) bond motifs is 2. The first-order valence-electron chi connectivity index (χ1n) is 7.59.